The molecule has 1 fully saturated rings. The van der Waals surface area contributed by atoms with Gasteiger partial charge in [0.25, 0.3) is 0 Å². The fourth-order valence-corrected chi connectivity index (χ4v) is 3.01. The zero-order valence-corrected chi connectivity index (χ0v) is 11.3. The smallest absolute Gasteiger partial charge is 0.120 e. The Bertz CT molecular complexity index is 446. The first kappa shape index (κ1) is 11.8. The Morgan fingerprint density at radius 1 is 1.44 bits per heavy atom. The van der Waals surface area contributed by atoms with Crippen molar-refractivity contribution < 1.29 is 4.74 Å². The molecule has 3 heteroatoms. The molecule has 2 aliphatic rings. The molecule has 0 aliphatic carbocycles. The molecule has 3 nitrogen and oxygen atoms in total. The lowest BCUT2D eigenvalue weighted by Crippen LogP contribution is -2.36. The molecule has 1 N–H and O–H groups in total. The van der Waals surface area contributed by atoms with Gasteiger partial charge < -0.3 is 10.1 Å². The summed E-state index contributed by atoms with van der Waals surface area (Å²) >= 11 is 0. The molecule has 2 heterocycles. The molecule has 18 heavy (non-hydrogen) atoms. The van der Waals surface area contributed by atoms with Gasteiger partial charge in [0, 0.05) is 31.7 Å². The molecule has 0 spiro atoms. The molecule has 0 saturated carbocycles. The lowest BCUT2D eigenvalue weighted by Gasteiger charge is -2.26. The summed E-state index contributed by atoms with van der Waals surface area (Å²) in [6.45, 7) is 8.81. The molecule has 1 atom stereocenters. The first-order valence-corrected chi connectivity index (χ1v) is 6.97. The number of fused-ring (bicyclic) bond motifs is 1. The number of rotatable bonds is 3. The number of nitrogens with zero attached hydrogens (tertiary/aromatic N) is 1. The van der Waals surface area contributed by atoms with E-state index in [1.807, 2.05) is 0 Å². The minimum Gasteiger partial charge on any atom is -0.486 e. The van der Waals surface area contributed by atoms with E-state index in [2.05, 4.69) is 42.3 Å². The summed E-state index contributed by atoms with van der Waals surface area (Å²) in [4.78, 5) is 2.45. The van der Waals surface area contributed by atoms with Crippen molar-refractivity contribution in [2.75, 3.05) is 31.5 Å². The fraction of sp³-hybridized carbons (Fsp3) is 0.600. The molecule has 3 rings (SSSR count). The number of nitrogens with one attached hydrogen (secondary N) is 1. The normalized spacial score (nSPS) is 27.0. The molecule has 1 aromatic carbocycles. The van der Waals surface area contributed by atoms with Gasteiger partial charge in [0.1, 0.15) is 11.4 Å². The second-order valence-electron chi connectivity index (χ2n) is 5.67. The van der Waals surface area contributed by atoms with Crippen LogP contribution in [0.2, 0.25) is 0 Å². The highest BCUT2D eigenvalue weighted by molar-refractivity contribution is 5.57. The summed E-state index contributed by atoms with van der Waals surface area (Å²) < 4.78 is 6.25. The van der Waals surface area contributed by atoms with Crippen LogP contribution in [0, 0.1) is 0 Å². The Kier molecular flexibility index (Phi) is 2.94. The largest absolute Gasteiger partial charge is 0.486 e. The van der Waals surface area contributed by atoms with Crippen LogP contribution in [0.25, 0.3) is 0 Å². The molecule has 0 aromatic heterocycles. The van der Waals surface area contributed by atoms with Gasteiger partial charge in [-0.2, -0.15) is 0 Å². The molecule has 0 amide bonds. The zero-order chi connectivity index (χ0) is 12.6. The van der Waals surface area contributed by atoms with Crippen LogP contribution in [0.4, 0.5) is 5.69 Å². The highest BCUT2D eigenvalue weighted by atomic mass is 16.5. The predicted octanol–water partition coefficient (Wildman–Crippen LogP) is 2.52. The van der Waals surface area contributed by atoms with Crippen molar-refractivity contribution in [2.24, 2.45) is 0 Å². The van der Waals surface area contributed by atoms with Crippen molar-refractivity contribution in [3.8, 4) is 5.75 Å². The second-order valence-corrected chi connectivity index (χ2v) is 5.67. The molecular weight excluding hydrogens is 224 g/mol. The SMILES string of the molecule is CCN1CCC(C)(Oc2ccc3c(c2)CCN3)C1. The lowest BCUT2D eigenvalue weighted by atomic mass is 10.1. The van der Waals surface area contributed by atoms with Crippen molar-refractivity contribution in [1.82, 2.24) is 4.90 Å². The van der Waals surface area contributed by atoms with Crippen LogP contribution in [0.5, 0.6) is 5.75 Å². The number of hydrogen-bond acceptors (Lipinski definition) is 3. The number of benzene rings is 1. The van der Waals surface area contributed by atoms with Crippen LogP contribution < -0.4 is 10.1 Å². The van der Waals surface area contributed by atoms with Gasteiger partial charge in [-0.3, -0.25) is 4.90 Å². The van der Waals surface area contributed by atoms with Gasteiger partial charge in [-0.05, 0) is 43.7 Å². The zero-order valence-electron chi connectivity index (χ0n) is 11.3. The Morgan fingerprint density at radius 2 is 2.33 bits per heavy atom. The monoisotopic (exact) mass is 246 g/mol. The number of ether oxygens (including phenoxy) is 1. The van der Waals surface area contributed by atoms with Crippen LogP contribution >= 0.6 is 0 Å². The van der Waals surface area contributed by atoms with E-state index in [9.17, 15) is 0 Å². The van der Waals surface area contributed by atoms with Gasteiger partial charge in [-0.15, -0.1) is 0 Å². The third-order valence-electron chi connectivity index (χ3n) is 4.11. The van der Waals surface area contributed by atoms with Crippen molar-refractivity contribution in [1.29, 1.82) is 0 Å². The molecular formula is C15H22N2O. The highest BCUT2D eigenvalue weighted by Gasteiger charge is 2.35. The van der Waals surface area contributed by atoms with Gasteiger partial charge in [-0.25, -0.2) is 0 Å². The van der Waals surface area contributed by atoms with Crippen molar-refractivity contribution >= 4 is 5.69 Å². The van der Waals surface area contributed by atoms with Gasteiger partial charge in [-0.1, -0.05) is 6.92 Å². The van der Waals surface area contributed by atoms with Gasteiger partial charge in [0.2, 0.25) is 0 Å². The highest BCUT2D eigenvalue weighted by Crippen LogP contribution is 2.31. The average molecular weight is 246 g/mol. The first-order chi connectivity index (χ1) is 8.68. The Morgan fingerprint density at radius 3 is 3.11 bits per heavy atom. The summed E-state index contributed by atoms with van der Waals surface area (Å²) in [5, 5.41) is 3.38. The number of likely N-dealkylation sites (tertiary alicyclic amines) is 1. The number of likely N-dealkylation sites (N-methyl/N-ethyl adjacent to an activating group) is 1. The van der Waals surface area contributed by atoms with Crippen LogP contribution in [0.15, 0.2) is 18.2 Å². The maximum atomic E-state index is 6.25. The Labute approximate surface area is 109 Å². The van der Waals surface area contributed by atoms with E-state index in [-0.39, 0.29) is 5.60 Å². The van der Waals surface area contributed by atoms with Crippen LogP contribution in [-0.4, -0.2) is 36.7 Å². The van der Waals surface area contributed by atoms with Crippen molar-refractivity contribution in [3.63, 3.8) is 0 Å². The van der Waals surface area contributed by atoms with Crippen LogP contribution in [0.3, 0.4) is 0 Å². The maximum absolute atomic E-state index is 6.25. The second kappa shape index (κ2) is 4.47. The molecule has 0 bridgehead atoms. The van der Waals surface area contributed by atoms with E-state index < -0.39 is 0 Å². The van der Waals surface area contributed by atoms with E-state index in [0.717, 1.165) is 44.8 Å². The van der Waals surface area contributed by atoms with Gasteiger partial charge in [0.15, 0.2) is 0 Å². The van der Waals surface area contributed by atoms with E-state index >= 15 is 0 Å². The first-order valence-electron chi connectivity index (χ1n) is 6.97. The van der Waals surface area contributed by atoms with Crippen molar-refractivity contribution in [3.05, 3.63) is 23.8 Å². The van der Waals surface area contributed by atoms with Gasteiger partial charge >= 0.3 is 0 Å². The average Bonchev–Trinajstić information content (AvgIpc) is 2.95. The summed E-state index contributed by atoms with van der Waals surface area (Å²) in [6.07, 6.45) is 2.24. The number of anilines is 1. The Balaban J connectivity index is 1.73. The summed E-state index contributed by atoms with van der Waals surface area (Å²) in [5.74, 6) is 1.03. The molecule has 98 valence electrons. The minimum absolute atomic E-state index is 0.0176. The minimum atomic E-state index is -0.0176. The summed E-state index contributed by atoms with van der Waals surface area (Å²) in [6, 6.07) is 6.44. The van der Waals surface area contributed by atoms with E-state index in [4.69, 9.17) is 4.74 Å². The molecule has 1 aromatic rings. The standard InChI is InChI=1S/C15H22N2O/c1-3-17-9-7-15(2,11-17)18-13-4-5-14-12(10-13)6-8-16-14/h4-5,10,16H,3,6-9,11H2,1-2H3. The van der Waals surface area contributed by atoms with Crippen molar-refractivity contribution in [2.45, 2.75) is 32.3 Å². The molecule has 2 aliphatic heterocycles. The van der Waals surface area contributed by atoms with E-state index in [1.54, 1.807) is 0 Å². The third-order valence-corrected chi connectivity index (χ3v) is 4.11. The van der Waals surface area contributed by atoms with E-state index in [0.29, 0.717) is 0 Å². The molecule has 1 saturated heterocycles. The Hall–Kier alpha value is -1.22. The maximum Gasteiger partial charge on any atom is 0.120 e. The van der Waals surface area contributed by atoms with Crippen LogP contribution in [-0.2, 0) is 6.42 Å². The predicted molar refractivity (Wildman–Crippen MR) is 74.4 cm³/mol. The van der Waals surface area contributed by atoms with Crippen LogP contribution in [0.1, 0.15) is 25.8 Å². The third kappa shape index (κ3) is 2.19. The summed E-state index contributed by atoms with van der Waals surface area (Å²) in [5.41, 5.74) is 2.64. The van der Waals surface area contributed by atoms with Gasteiger partial charge in [0.05, 0.1) is 0 Å². The lowest BCUT2D eigenvalue weighted by molar-refractivity contribution is 0.0969. The van der Waals surface area contributed by atoms with E-state index in [1.165, 1.54) is 11.3 Å². The summed E-state index contributed by atoms with van der Waals surface area (Å²) in [7, 11) is 0. The molecule has 0 radical (unpaired) electrons. The topological polar surface area (TPSA) is 24.5 Å². The molecule has 1 unspecified atom stereocenters. The fourth-order valence-electron chi connectivity index (χ4n) is 3.01. The quantitative estimate of drug-likeness (QED) is 0.887. The number of hydrogen-bond donors (Lipinski definition) is 1.